The lowest BCUT2D eigenvalue weighted by Gasteiger charge is -2.22. The van der Waals surface area contributed by atoms with Gasteiger partial charge in [0.2, 0.25) is 10.3 Å². The predicted molar refractivity (Wildman–Crippen MR) is 373 cm³/mol. The summed E-state index contributed by atoms with van der Waals surface area (Å²) >= 11 is 5.78. The zero-order chi connectivity index (χ0) is 65.7. The Balaban J connectivity index is 0.000000265. The van der Waals surface area contributed by atoms with Crippen LogP contribution in [0, 0.1) is 0 Å². The highest BCUT2D eigenvalue weighted by molar-refractivity contribution is 7.31. The number of fused-ring (bicyclic) bond motifs is 2. The molecule has 0 aliphatic rings. The topological polar surface area (TPSA) is 242 Å². The zero-order valence-electron chi connectivity index (χ0n) is 53.6. The van der Waals surface area contributed by atoms with Crippen molar-refractivity contribution in [3.63, 3.8) is 0 Å². The molecule has 0 saturated heterocycles. The van der Waals surface area contributed by atoms with E-state index in [1.54, 1.807) is 24.3 Å². The Hall–Kier alpha value is -8.32. The molecule has 0 radical (unpaired) electrons. The second kappa shape index (κ2) is 41.3. The van der Waals surface area contributed by atoms with E-state index in [9.17, 15) is 19.2 Å². The highest BCUT2D eigenvalue weighted by atomic mass is 32.1. The number of hydrogen-bond donors (Lipinski definition) is 0. The molecule has 0 N–H and O–H groups in total. The molecule has 24 heteroatoms. The Bertz CT molecular complexity index is 3610. The summed E-state index contributed by atoms with van der Waals surface area (Å²) in [5.74, 6) is -0.188. The van der Waals surface area contributed by atoms with E-state index < -0.39 is 5.97 Å². The summed E-state index contributed by atoms with van der Waals surface area (Å²) in [6.45, 7) is 15.1. The lowest BCUT2D eigenvalue weighted by atomic mass is 10.1. The van der Waals surface area contributed by atoms with Crippen molar-refractivity contribution in [1.82, 2.24) is 9.97 Å². The second-order valence-corrected chi connectivity index (χ2v) is 25.3. The largest absolute Gasteiger partial charge is 0.494 e. The van der Waals surface area contributed by atoms with Crippen LogP contribution in [-0.2, 0) is 39.8 Å². The number of carbonyl (C=O) groups excluding carboxylic acids is 4. The van der Waals surface area contributed by atoms with Crippen LogP contribution in [-0.4, -0.2) is 80.0 Å². The van der Waals surface area contributed by atoms with Crippen molar-refractivity contribution in [3.8, 4) is 5.75 Å². The molecule has 0 spiro atoms. The number of carbonyl (C=O) groups is 4. The van der Waals surface area contributed by atoms with E-state index in [0.717, 1.165) is 127 Å². The number of azo groups is 4. The van der Waals surface area contributed by atoms with Gasteiger partial charge < -0.3 is 28.6 Å². The number of esters is 4. The maximum Gasteiger partial charge on any atom is 0.338 e. The SMILES string of the molecule is C=CC(=O)OCCCc1ccc(N=Nc2nc3sc(N=Nc4ccc(C(=O)OCCCCCCCCC)cc4)cc3s2)cc1.CCOC(=O)CCN(CC)c1ccc(N=Nc2nc3sc(N=Nc4ccc(OCCCCCCCCCOC(=O)CC)cc4)cc3s2)cc1. The predicted octanol–water partition coefficient (Wildman–Crippen LogP) is 21.8. The van der Waals surface area contributed by atoms with Crippen LogP contribution in [0.4, 0.5) is 48.7 Å². The summed E-state index contributed by atoms with van der Waals surface area (Å²) in [5, 5.41) is 37.4. The Labute approximate surface area is 560 Å². The first-order chi connectivity index (χ1) is 45.5. The number of rotatable bonds is 40. The Kier molecular flexibility index (Phi) is 32.0. The van der Waals surface area contributed by atoms with Crippen LogP contribution in [0.15, 0.2) is 163 Å². The molecule has 0 aliphatic carbocycles. The molecular weight excluding hydrogens is 1260 g/mol. The normalized spacial score (nSPS) is 11.5. The Morgan fingerprint density at radius 2 is 0.978 bits per heavy atom. The van der Waals surface area contributed by atoms with E-state index in [4.69, 9.17) is 23.7 Å². The average molecular weight is 1340 g/mol. The van der Waals surface area contributed by atoms with Crippen molar-refractivity contribution >= 4 is 137 Å². The molecule has 0 amide bonds. The van der Waals surface area contributed by atoms with Gasteiger partial charge in [-0.25, -0.2) is 19.6 Å². The molecule has 93 heavy (non-hydrogen) atoms. The first-order valence-corrected chi connectivity index (χ1v) is 35.3. The van der Waals surface area contributed by atoms with E-state index in [1.165, 1.54) is 96.7 Å². The molecule has 492 valence electrons. The van der Waals surface area contributed by atoms with Gasteiger partial charge in [0, 0.05) is 31.3 Å². The highest BCUT2D eigenvalue weighted by Gasteiger charge is 2.13. The number of aromatic nitrogens is 2. The van der Waals surface area contributed by atoms with Crippen LogP contribution in [0.5, 0.6) is 5.75 Å². The molecule has 0 unspecified atom stereocenters. The van der Waals surface area contributed by atoms with Crippen LogP contribution in [0.1, 0.15) is 153 Å². The van der Waals surface area contributed by atoms with Gasteiger partial charge in [0.15, 0.2) is 0 Å². The number of ether oxygens (including phenoxy) is 5. The molecule has 4 heterocycles. The van der Waals surface area contributed by atoms with Gasteiger partial charge in [-0.05, 0) is 149 Å². The molecule has 4 aromatic heterocycles. The molecule has 0 bridgehead atoms. The standard InChI is InChI=1S/C36H46N6O5S2.C33H37N5O4S2/c1-4-33(43)47-25-13-11-9-7-8-10-12-24-46-30-20-16-28(17-21-30)38-40-32-26-31-35(49-32)37-36(48-31)41-39-27-14-18-29(19-15-27)42(5-2)23-22-34(44)45-6-3;1-3-5-6-7-8-9-10-21-42-32(40)25-15-19-27(20-16-25)35-37-29-23-28-31(44-29)34-33(43-28)38-36-26-17-13-24(14-18-26)12-11-22-41-30(39)4-2/h14-21,26H,4-13,22-25H2,1-3H3;4,13-20,23H,2-3,5-12,21-22H2,1H3. The van der Waals surface area contributed by atoms with Crippen LogP contribution in [0.3, 0.4) is 0 Å². The third kappa shape index (κ3) is 26.7. The molecule has 0 saturated carbocycles. The number of aryl methyl sites for hydroxylation is 1. The number of thiophene rings is 2. The van der Waals surface area contributed by atoms with Gasteiger partial charge in [-0.15, -0.1) is 40.9 Å². The summed E-state index contributed by atoms with van der Waals surface area (Å²) in [6, 6.07) is 34.0. The van der Waals surface area contributed by atoms with Gasteiger partial charge >= 0.3 is 23.9 Å². The first-order valence-electron chi connectivity index (χ1n) is 32.0. The molecule has 4 aromatic carbocycles. The third-order valence-corrected chi connectivity index (χ3v) is 18.0. The summed E-state index contributed by atoms with van der Waals surface area (Å²) in [7, 11) is 0. The summed E-state index contributed by atoms with van der Waals surface area (Å²) in [5.41, 5.74) is 5.51. The third-order valence-electron chi connectivity index (χ3n) is 14.1. The van der Waals surface area contributed by atoms with Gasteiger partial charge in [-0.2, -0.15) is 0 Å². The van der Waals surface area contributed by atoms with E-state index in [2.05, 4.69) is 76.2 Å². The van der Waals surface area contributed by atoms with Crippen molar-refractivity contribution in [2.75, 3.05) is 51.0 Å². The number of hydrogen-bond acceptors (Lipinski definition) is 24. The number of anilines is 1. The van der Waals surface area contributed by atoms with Crippen LogP contribution < -0.4 is 9.64 Å². The second-order valence-electron chi connectivity index (χ2n) is 21.3. The van der Waals surface area contributed by atoms with Gasteiger partial charge in [0.25, 0.3) is 0 Å². The Morgan fingerprint density at radius 3 is 1.49 bits per heavy atom. The molecule has 0 aliphatic heterocycles. The minimum absolute atomic E-state index is 0.114. The monoisotopic (exact) mass is 1340 g/mol. The quantitative estimate of drug-likeness (QED) is 0.0114. The molecule has 8 aromatic rings. The van der Waals surface area contributed by atoms with Crippen LogP contribution >= 0.6 is 45.3 Å². The number of nitrogens with zero attached hydrogens (tertiary/aromatic N) is 11. The maximum atomic E-state index is 12.3. The molecule has 8 rings (SSSR count). The molecular formula is C69H83N11O9S4. The van der Waals surface area contributed by atoms with Crippen molar-refractivity contribution in [3.05, 3.63) is 133 Å². The fraction of sp³-hybridized carbons (Fsp3) is 0.420. The molecule has 0 fully saturated rings. The van der Waals surface area contributed by atoms with Gasteiger partial charge in [-0.1, -0.05) is 149 Å². The summed E-state index contributed by atoms with van der Waals surface area (Å²) < 4.78 is 28.4. The number of unbranched alkanes of at least 4 members (excludes halogenated alkanes) is 12. The molecule has 0 atom stereocenters. The van der Waals surface area contributed by atoms with E-state index in [-0.39, 0.29) is 17.9 Å². The number of benzene rings is 4. The summed E-state index contributed by atoms with van der Waals surface area (Å²) in [6.07, 6.45) is 19.5. The fourth-order valence-corrected chi connectivity index (χ4v) is 12.8. The van der Waals surface area contributed by atoms with E-state index in [1.807, 2.05) is 98.8 Å². The first kappa shape index (κ1) is 72.1. The van der Waals surface area contributed by atoms with E-state index >= 15 is 0 Å². The average Bonchev–Trinajstić information content (AvgIpc) is 1.99. The van der Waals surface area contributed by atoms with Gasteiger partial charge in [0.05, 0.1) is 77.2 Å². The van der Waals surface area contributed by atoms with Crippen molar-refractivity contribution in [1.29, 1.82) is 0 Å². The smallest absolute Gasteiger partial charge is 0.338 e. The van der Waals surface area contributed by atoms with Crippen molar-refractivity contribution in [2.24, 2.45) is 40.9 Å². The van der Waals surface area contributed by atoms with Crippen LogP contribution in [0.25, 0.3) is 19.1 Å². The van der Waals surface area contributed by atoms with E-state index in [0.29, 0.717) is 73.9 Å². The zero-order valence-corrected chi connectivity index (χ0v) is 56.8. The van der Waals surface area contributed by atoms with Crippen molar-refractivity contribution in [2.45, 2.75) is 143 Å². The maximum absolute atomic E-state index is 12.3. The Morgan fingerprint density at radius 1 is 0.495 bits per heavy atom. The minimum atomic E-state index is -0.403. The lowest BCUT2D eigenvalue weighted by molar-refractivity contribution is -0.144. The van der Waals surface area contributed by atoms with Gasteiger partial charge in [0.1, 0.15) is 25.4 Å². The van der Waals surface area contributed by atoms with Gasteiger partial charge in [-0.3, -0.25) is 9.59 Å². The number of thiazole rings is 2. The van der Waals surface area contributed by atoms with Crippen LogP contribution in [0.2, 0.25) is 0 Å². The summed E-state index contributed by atoms with van der Waals surface area (Å²) in [4.78, 5) is 59.2. The highest BCUT2D eigenvalue weighted by Crippen LogP contribution is 2.41. The lowest BCUT2D eigenvalue weighted by Crippen LogP contribution is -2.26. The van der Waals surface area contributed by atoms with Crippen molar-refractivity contribution < 1.29 is 42.9 Å². The minimum Gasteiger partial charge on any atom is -0.494 e. The fourth-order valence-electron chi connectivity index (χ4n) is 9.07. The molecule has 20 nitrogen and oxygen atoms in total.